The minimum atomic E-state index is 0.443. The molecule has 1 aliphatic carbocycles. The van der Waals surface area contributed by atoms with Crippen molar-refractivity contribution < 1.29 is 0 Å². The molecule has 0 atom stereocenters. The largest absolute Gasteiger partial charge is 0.102 e. The topological polar surface area (TPSA) is 0 Å². The fourth-order valence-corrected chi connectivity index (χ4v) is 2.44. The highest BCUT2D eigenvalue weighted by atomic mass is 79.9. The molecule has 1 rings (SSSR count). The molecule has 0 aromatic heterocycles. The van der Waals surface area contributed by atoms with Gasteiger partial charge in [-0.2, -0.15) is 0 Å². The molecule has 0 bridgehead atoms. The second-order valence-corrected chi connectivity index (χ2v) is 3.82. The molecule has 0 N–H and O–H groups in total. The van der Waals surface area contributed by atoms with Crippen LogP contribution in [0.4, 0.5) is 0 Å². The Labute approximate surface area is 71.8 Å². The molecule has 58 valence electrons. The third kappa shape index (κ3) is 1.63. The zero-order valence-electron chi connectivity index (χ0n) is 6.41. The summed E-state index contributed by atoms with van der Waals surface area (Å²) in [6, 6.07) is 0. The summed E-state index contributed by atoms with van der Waals surface area (Å²) < 4.78 is 0. The highest BCUT2D eigenvalue weighted by Gasteiger charge is 2.26. The quantitative estimate of drug-likeness (QED) is 0.475. The van der Waals surface area contributed by atoms with Crippen molar-refractivity contribution in [1.29, 1.82) is 0 Å². The predicted molar refractivity (Wildman–Crippen MR) is 49.5 cm³/mol. The lowest BCUT2D eigenvalue weighted by atomic mass is 9.76. The summed E-state index contributed by atoms with van der Waals surface area (Å²) in [5.74, 6) is 0. The highest BCUT2D eigenvalue weighted by Crippen LogP contribution is 2.38. The van der Waals surface area contributed by atoms with Crippen LogP contribution in [0.3, 0.4) is 0 Å². The third-order valence-electron chi connectivity index (χ3n) is 2.55. The Kier molecular flexibility index (Phi) is 2.96. The smallest absolute Gasteiger partial charge is 0.0122 e. The Morgan fingerprint density at radius 3 is 2.20 bits per heavy atom. The first-order chi connectivity index (χ1) is 4.83. The van der Waals surface area contributed by atoms with Crippen molar-refractivity contribution in [3.63, 3.8) is 0 Å². The summed E-state index contributed by atoms with van der Waals surface area (Å²) in [4.78, 5) is 0. The van der Waals surface area contributed by atoms with Crippen molar-refractivity contribution in [2.45, 2.75) is 32.1 Å². The molecule has 1 fully saturated rings. The molecule has 0 spiro atoms. The number of hydrogen-bond donors (Lipinski definition) is 0. The Morgan fingerprint density at radius 1 is 1.30 bits per heavy atom. The van der Waals surface area contributed by atoms with Gasteiger partial charge in [-0.25, -0.2) is 0 Å². The first-order valence-corrected chi connectivity index (χ1v) is 5.15. The normalized spacial score (nSPS) is 24.1. The second-order valence-electron chi connectivity index (χ2n) is 3.26. The summed E-state index contributed by atoms with van der Waals surface area (Å²) in [7, 11) is 0. The summed E-state index contributed by atoms with van der Waals surface area (Å²) >= 11 is 3.56. The van der Waals surface area contributed by atoms with Crippen molar-refractivity contribution >= 4 is 15.9 Å². The molecule has 0 heterocycles. The molecule has 0 radical (unpaired) electrons. The molecular formula is C9H15Br. The minimum Gasteiger partial charge on any atom is -0.102 e. The minimum absolute atomic E-state index is 0.443. The monoisotopic (exact) mass is 202 g/mol. The first-order valence-electron chi connectivity index (χ1n) is 4.02. The lowest BCUT2D eigenvalue weighted by Gasteiger charge is -2.32. The number of rotatable bonds is 2. The van der Waals surface area contributed by atoms with Gasteiger partial charge >= 0.3 is 0 Å². The van der Waals surface area contributed by atoms with Crippen LogP contribution >= 0.6 is 15.9 Å². The molecular weight excluding hydrogens is 188 g/mol. The van der Waals surface area contributed by atoms with E-state index in [1.165, 1.54) is 32.1 Å². The van der Waals surface area contributed by atoms with E-state index in [1.54, 1.807) is 0 Å². The predicted octanol–water partition coefficient (Wildman–Crippen LogP) is 3.52. The van der Waals surface area contributed by atoms with Crippen molar-refractivity contribution in [2.24, 2.45) is 5.41 Å². The summed E-state index contributed by atoms with van der Waals surface area (Å²) in [5.41, 5.74) is 0.443. The van der Waals surface area contributed by atoms with Crippen LogP contribution in [0.1, 0.15) is 32.1 Å². The molecule has 1 aliphatic rings. The van der Waals surface area contributed by atoms with E-state index in [9.17, 15) is 0 Å². The van der Waals surface area contributed by atoms with Crippen molar-refractivity contribution in [3.8, 4) is 0 Å². The molecule has 0 nitrogen and oxygen atoms in total. The number of alkyl halides is 1. The number of hydrogen-bond acceptors (Lipinski definition) is 0. The van der Waals surface area contributed by atoms with Crippen LogP contribution in [-0.4, -0.2) is 5.33 Å². The van der Waals surface area contributed by atoms with Crippen LogP contribution in [0.2, 0.25) is 0 Å². The fourth-order valence-electron chi connectivity index (χ4n) is 1.65. The maximum Gasteiger partial charge on any atom is 0.0122 e. The lowest BCUT2D eigenvalue weighted by molar-refractivity contribution is 0.295. The maximum atomic E-state index is 3.90. The van der Waals surface area contributed by atoms with Crippen LogP contribution in [0, 0.1) is 5.41 Å². The summed E-state index contributed by atoms with van der Waals surface area (Å²) in [6.07, 6.45) is 9.00. The van der Waals surface area contributed by atoms with Gasteiger partial charge in [-0.3, -0.25) is 0 Å². The lowest BCUT2D eigenvalue weighted by Crippen LogP contribution is -2.22. The first kappa shape index (κ1) is 8.32. The Morgan fingerprint density at radius 2 is 1.90 bits per heavy atom. The van der Waals surface area contributed by atoms with Crippen LogP contribution in [0.15, 0.2) is 12.7 Å². The van der Waals surface area contributed by atoms with Crippen LogP contribution in [-0.2, 0) is 0 Å². The van der Waals surface area contributed by atoms with Crippen LogP contribution in [0.5, 0.6) is 0 Å². The average Bonchev–Trinajstić information content (AvgIpc) is 2.06. The molecule has 0 aromatic carbocycles. The van der Waals surface area contributed by atoms with E-state index in [1.807, 2.05) is 0 Å². The van der Waals surface area contributed by atoms with Crippen molar-refractivity contribution in [1.82, 2.24) is 0 Å². The maximum absolute atomic E-state index is 3.90. The van der Waals surface area contributed by atoms with Gasteiger partial charge in [0.1, 0.15) is 0 Å². The molecule has 0 amide bonds. The Hall–Kier alpha value is 0.220. The van der Waals surface area contributed by atoms with Gasteiger partial charge in [0.15, 0.2) is 0 Å². The van der Waals surface area contributed by atoms with E-state index in [-0.39, 0.29) is 0 Å². The second kappa shape index (κ2) is 3.56. The van der Waals surface area contributed by atoms with Gasteiger partial charge in [0.2, 0.25) is 0 Å². The molecule has 10 heavy (non-hydrogen) atoms. The van der Waals surface area contributed by atoms with E-state index in [0.29, 0.717) is 5.41 Å². The Balaban J connectivity index is 2.52. The van der Waals surface area contributed by atoms with Crippen molar-refractivity contribution in [3.05, 3.63) is 12.7 Å². The molecule has 1 saturated carbocycles. The molecule has 0 aromatic rings. The molecule has 0 aliphatic heterocycles. The Bertz CT molecular complexity index is 112. The standard InChI is InChI=1S/C9H15Br/c1-2-9(8-10)6-4-3-5-7-9/h2H,1,3-8H2. The van der Waals surface area contributed by atoms with Gasteiger partial charge in [0.25, 0.3) is 0 Å². The van der Waals surface area contributed by atoms with Gasteiger partial charge < -0.3 is 0 Å². The molecule has 0 saturated heterocycles. The van der Waals surface area contributed by atoms with E-state index in [0.717, 1.165) is 5.33 Å². The van der Waals surface area contributed by atoms with Gasteiger partial charge in [0.05, 0.1) is 0 Å². The molecule has 1 heteroatoms. The van der Waals surface area contributed by atoms with Crippen molar-refractivity contribution in [2.75, 3.05) is 5.33 Å². The third-order valence-corrected chi connectivity index (χ3v) is 3.67. The number of allylic oxidation sites excluding steroid dienone is 1. The van der Waals surface area contributed by atoms with Crippen LogP contribution < -0.4 is 0 Å². The zero-order valence-corrected chi connectivity index (χ0v) is 7.99. The highest BCUT2D eigenvalue weighted by molar-refractivity contribution is 9.09. The van der Waals surface area contributed by atoms with E-state index < -0.39 is 0 Å². The number of halogens is 1. The summed E-state index contributed by atoms with van der Waals surface area (Å²) in [5, 5.41) is 1.10. The van der Waals surface area contributed by atoms with Gasteiger partial charge in [-0.1, -0.05) is 41.3 Å². The van der Waals surface area contributed by atoms with E-state index in [4.69, 9.17) is 0 Å². The van der Waals surface area contributed by atoms with E-state index in [2.05, 4.69) is 28.6 Å². The average molecular weight is 203 g/mol. The SMILES string of the molecule is C=CC1(CBr)CCCCC1. The summed E-state index contributed by atoms with van der Waals surface area (Å²) in [6.45, 7) is 3.90. The van der Waals surface area contributed by atoms with Gasteiger partial charge in [-0.05, 0) is 18.3 Å². The fraction of sp³-hybridized carbons (Fsp3) is 0.778. The van der Waals surface area contributed by atoms with Crippen LogP contribution in [0.25, 0.3) is 0 Å². The zero-order chi connectivity index (χ0) is 7.45. The van der Waals surface area contributed by atoms with E-state index >= 15 is 0 Å². The van der Waals surface area contributed by atoms with Gasteiger partial charge in [-0.15, -0.1) is 6.58 Å². The van der Waals surface area contributed by atoms with Gasteiger partial charge in [0, 0.05) is 5.33 Å². The molecule has 0 unspecified atom stereocenters.